The van der Waals surface area contributed by atoms with E-state index in [1.165, 1.54) is 12.8 Å². The Hall–Kier alpha value is -0.200. The molecule has 0 bridgehead atoms. The molecule has 0 aromatic heterocycles. The molecule has 2 heterocycles. The van der Waals surface area contributed by atoms with Crippen molar-refractivity contribution in [1.82, 2.24) is 9.80 Å². The minimum Gasteiger partial charge on any atom is -0.395 e. The maximum Gasteiger partial charge on any atom is 0.0644 e. The molecule has 2 unspecified atom stereocenters. The molecular weight excluding hydrogens is 256 g/mol. The Bertz CT molecular complexity index is 272. The van der Waals surface area contributed by atoms with E-state index >= 15 is 0 Å². The monoisotopic (exact) mass is 286 g/mol. The summed E-state index contributed by atoms with van der Waals surface area (Å²) in [6, 6.07) is 1.31. The molecule has 2 rings (SSSR count). The lowest BCUT2D eigenvalue weighted by Crippen LogP contribution is -2.51. The van der Waals surface area contributed by atoms with Gasteiger partial charge in [0.05, 0.1) is 39.1 Å². The number of nitrogens with zero attached hydrogens (tertiary/aromatic N) is 2. The highest BCUT2D eigenvalue weighted by Crippen LogP contribution is 2.17. The summed E-state index contributed by atoms with van der Waals surface area (Å²) < 4.78 is 10.9. The third-order valence-electron chi connectivity index (χ3n) is 4.72. The zero-order valence-corrected chi connectivity index (χ0v) is 13.0. The maximum absolute atomic E-state index is 9.45. The fourth-order valence-electron chi connectivity index (χ4n) is 3.25. The van der Waals surface area contributed by atoms with E-state index in [2.05, 4.69) is 23.6 Å². The molecule has 5 nitrogen and oxygen atoms in total. The minimum absolute atomic E-state index is 0.178. The van der Waals surface area contributed by atoms with Gasteiger partial charge in [0.1, 0.15) is 0 Å². The van der Waals surface area contributed by atoms with Crippen molar-refractivity contribution in [3.8, 4) is 0 Å². The largest absolute Gasteiger partial charge is 0.395 e. The van der Waals surface area contributed by atoms with Crippen LogP contribution in [0.3, 0.4) is 0 Å². The van der Waals surface area contributed by atoms with Crippen LogP contribution in [0.25, 0.3) is 0 Å². The Balaban J connectivity index is 1.74. The summed E-state index contributed by atoms with van der Waals surface area (Å²) in [7, 11) is 0. The summed E-state index contributed by atoms with van der Waals surface area (Å²) in [5, 5.41) is 9.45. The normalized spacial score (nSPS) is 29.2. The van der Waals surface area contributed by atoms with Gasteiger partial charge in [-0.1, -0.05) is 0 Å². The molecule has 20 heavy (non-hydrogen) atoms. The Morgan fingerprint density at radius 3 is 2.35 bits per heavy atom. The van der Waals surface area contributed by atoms with E-state index in [0.717, 1.165) is 39.5 Å². The Morgan fingerprint density at radius 2 is 1.65 bits per heavy atom. The Labute approximate surface area is 122 Å². The summed E-state index contributed by atoms with van der Waals surface area (Å²) in [4.78, 5) is 4.94. The van der Waals surface area contributed by atoms with Crippen molar-refractivity contribution in [3.05, 3.63) is 0 Å². The van der Waals surface area contributed by atoms with E-state index in [1.807, 2.05) is 0 Å². The molecule has 0 radical (unpaired) electrons. The number of rotatable bonds is 6. The van der Waals surface area contributed by atoms with Gasteiger partial charge in [0.25, 0.3) is 0 Å². The number of hydrogen-bond acceptors (Lipinski definition) is 5. The van der Waals surface area contributed by atoms with E-state index in [9.17, 15) is 5.11 Å². The first kappa shape index (κ1) is 16.2. The number of ether oxygens (including phenoxy) is 2. The standard InChI is InChI=1S/C15H30N2O3/c1-13(16-5-8-19-9-6-16)3-4-14(2)17-7-10-20-12-15(17)11-18/h13-15,18H,3-12H2,1-2H3/t13?,14?,15-/m1/s1. The SMILES string of the molecule is CC(CCC(C)N1CCOC[C@H]1CO)N1CCOCC1. The van der Waals surface area contributed by atoms with Crippen LogP contribution in [-0.4, -0.2) is 85.7 Å². The molecule has 1 N–H and O–H groups in total. The third kappa shape index (κ3) is 4.40. The predicted molar refractivity (Wildman–Crippen MR) is 78.9 cm³/mol. The van der Waals surface area contributed by atoms with Crippen molar-refractivity contribution in [3.63, 3.8) is 0 Å². The molecule has 2 aliphatic rings. The zero-order chi connectivity index (χ0) is 14.4. The molecular formula is C15H30N2O3. The van der Waals surface area contributed by atoms with Gasteiger partial charge in [-0.05, 0) is 26.7 Å². The molecule has 2 fully saturated rings. The minimum atomic E-state index is 0.178. The molecule has 0 aromatic carbocycles. The lowest BCUT2D eigenvalue weighted by atomic mass is 10.0. The van der Waals surface area contributed by atoms with Crippen molar-refractivity contribution >= 4 is 0 Å². The van der Waals surface area contributed by atoms with Crippen LogP contribution in [0.15, 0.2) is 0 Å². The highest BCUT2D eigenvalue weighted by atomic mass is 16.5. The van der Waals surface area contributed by atoms with Gasteiger partial charge >= 0.3 is 0 Å². The molecule has 0 aromatic rings. The lowest BCUT2D eigenvalue weighted by molar-refractivity contribution is -0.0472. The first-order valence-electron chi connectivity index (χ1n) is 7.98. The van der Waals surface area contributed by atoms with Gasteiger partial charge in [-0.25, -0.2) is 0 Å². The second kappa shape index (κ2) is 8.29. The first-order valence-corrected chi connectivity index (χ1v) is 7.98. The van der Waals surface area contributed by atoms with Crippen LogP contribution in [0.4, 0.5) is 0 Å². The second-order valence-corrected chi connectivity index (χ2v) is 6.07. The Morgan fingerprint density at radius 1 is 1.00 bits per heavy atom. The van der Waals surface area contributed by atoms with Gasteiger partial charge in [-0.2, -0.15) is 0 Å². The van der Waals surface area contributed by atoms with Crippen LogP contribution in [0.5, 0.6) is 0 Å². The summed E-state index contributed by atoms with van der Waals surface area (Å²) in [5.41, 5.74) is 0. The molecule has 2 saturated heterocycles. The molecule has 0 spiro atoms. The topological polar surface area (TPSA) is 45.2 Å². The van der Waals surface area contributed by atoms with Gasteiger partial charge < -0.3 is 14.6 Å². The lowest BCUT2D eigenvalue weighted by Gasteiger charge is -2.40. The van der Waals surface area contributed by atoms with Crippen LogP contribution in [-0.2, 0) is 9.47 Å². The average molecular weight is 286 g/mol. The van der Waals surface area contributed by atoms with E-state index in [0.29, 0.717) is 18.7 Å². The number of hydrogen-bond donors (Lipinski definition) is 1. The van der Waals surface area contributed by atoms with Crippen molar-refractivity contribution in [2.24, 2.45) is 0 Å². The van der Waals surface area contributed by atoms with Gasteiger partial charge in [0.15, 0.2) is 0 Å². The summed E-state index contributed by atoms with van der Waals surface area (Å²) in [6.07, 6.45) is 2.38. The van der Waals surface area contributed by atoms with Gasteiger partial charge in [-0.3, -0.25) is 9.80 Å². The fraction of sp³-hybridized carbons (Fsp3) is 1.00. The van der Waals surface area contributed by atoms with E-state index in [-0.39, 0.29) is 12.6 Å². The smallest absolute Gasteiger partial charge is 0.0644 e. The average Bonchev–Trinajstić information content (AvgIpc) is 2.53. The molecule has 3 atom stereocenters. The van der Waals surface area contributed by atoms with Gasteiger partial charge in [0, 0.05) is 31.7 Å². The molecule has 0 saturated carbocycles. The summed E-state index contributed by atoms with van der Waals surface area (Å²) in [6.45, 7) is 11.1. The Kier molecular flexibility index (Phi) is 6.71. The van der Waals surface area contributed by atoms with Crippen LogP contribution in [0, 0.1) is 0 Å². The summed E-state index contributed by atoms with van der Waals surface area (Å²) in [5.74, 6) is 0. The van der Waals surface area contributed by atoms with E-state index in [1.54, 1.807) is 0 Å². The van der Waals surface area contributed by atoms with Crippen molar-refractivity contribution in [2.75, 3.05) is 52.7 Å². The van der Waals surface area contributed by atoms with Crippen LogP contribution < -0.4 is 0 Å². The van der Waals surface area contributed by atoms with E-state index < -0.39 is 0 Å². The van der Waals surface area contributed by atoms with Crippen LogP contribution >= 0.6 is 0 Å². The van der Waals surface area contributed by atoms with Gasteiger partial charge in [-0.15, -0.1) is 0 Å². The third-order valence-corrected chi connectivity index (χ3v) is 4.72. The number of aliphatic hydroxyl groups excluding tert-OH is 1. The predicted octanol–water partition coefficient (Wildman–Crippen LogP) is 0.569. The van der Waals surface area contributed by atoms with Crippen molar-refractivity contribution in [2.45, 2.75) is 44.8 Å². The van der Waals surface area contributed by atoms with Crippen LogP contribution in [0.1, 0.15) is 26.7 Å². The quantitative estimate of drug-likeness (QED) is 0.773. The van der Waals surface area contributed by atoms with Gasteiger partial charge in [0.2, 0.25) is 0 Å². The number of morpholine rings is 2. The summed E-state index contributed by atoms with van der Waals surface area (Å²) >= 11 is 0. The highest BCUT2D eigenvalue weighted by molar-refractivity contribution is 4.81. The van der Waals surface area contributed by atoms with Crippen molar-refractivity contribution in [1.29, 1.82) is 0 Å². The number of aliphatic hydroxyl groups is 1. The highest BCUT2D eigenvalue weighted by Gasteiger charge is 2.27. The second-order valence-electron chi connectivity index (χ2n) is 6.07. The molecule has 0 amide bonds. The fourth-order valence-corrected chi connectivity index (χ4v) is 3.25. The molecule has 5 heteroatoms. The van der Waals surface area contributed by atoms with Crippen molar-refractivity contribution < 1.29 is 14.6 Å². The molecule has 118 valence electrons. The maximum atomic E-state index is 9.45. The zero-order valence-electron chi connectivity index (χ0n) is 13.0. The first-order chi connectivity index (χ1) is 9.72. The molecule has 0 aliphatic carbocycles. The van der Waals surface area contributed by atoms with E-state index in [4.69, 9.17) is 9.47 Å². The molecule has 2 aliphatic heterocycles. The van der Waals surface area contributed by atoms with Crippen LogP contribution in [0.2, 0.25) is 0 Å².